The van der Waals surface area contributed by atoms with Gasteiger partial charge in [0, 0.05) is 35.8 Å². The van der Waals surface area contributed by atoms with Crippen LogP contribution in [-0.4, -0.2) is 50.2 Å². The van der Waals surface area contributed by atoms with E-state index in [0.717, 1.165) is 42.5 Å². The summed E-state index contributed by atoms with van der Waals surface area (Å²) in [7, 11) is -7.84. The summed E-state index contributed by atoms with van der Waals surface area (Å²) in [6.45, 7) is 3.27. The van der Waals surface area contributed by atoms with Crippen molar-refractivity contribution in [1.29, 1.82) is 0 Å². The number of aliphatic imine (C=N–C) groups is 1. The van der Waals surface area contributed by atoms with Crippen molar-refractivity contribution in [2.45, 2.75) is 51.9 Å². The van der Waals surface area contributed by atoms with Crippen LogP contribution < -0.4 is 5.32 Å². The zero-order chi connectivity index (χ0) is 23.8. The number of sulfonamides is 2. The van der Waals surface area contributed by atoms with Crippen molar-refractivity contribution in [2.24, 2.45) is 4.99 Å². The highest BCUT2D eigenvalue weighted by Crippen LogP contribution is 2.36. The third kappa shape index (κ3) is 4.97. The largest absolute Gasteiger partial charge is 0.320 e. The van der Waals surface area contributed by atoms with Gasteiger partial charge in [-0.15, -0.1) is 0 Å². The topological polar surface area (TPSA) is 113 Å². The van der Waals surface area contributed by atoms with Crippen LogP contribution in [0.2, 0.25) is 0 Å². The monoisotopic (exact) mass is 491 g/mol. The van der Waals surface area contributed by atoms with Crippen LogP contribution in [-0.2, 0) is 24.8 Å². The molecule has 4 rings (SSSR count). The molecule has 1 aliphatic carbocycles. The summed E-state index contributed by atoms with van der Waals surface area (Å²) in [5.41, 5.74) is 4.43. The van der Waals surface area contributed by atoms with Crippen molar-refractivity contribution < 1.29 is 21.6 Å². The summed E-state index contributed by atoms with van der Waals surface area (Å²) >= 11 is 0. The average Bonchev–Trinajstić information content (AvgIpc) is 3.19. The summed E-state index contributed by atoms with van der Waals surface area (Å²) in [5.74, 6) is -1.45. The molecule has 8 nitrogen and oxygen atoms in total. The number of amides is 1. The maximum atomic E-state index is 12.8. The first-order valence-corrected chi connectivity index (χ1v) is 14.4. The fourth-order valence-corrected chi connectivity index (χ4v) is 9.30. The lowest BCUT2D eigenvalue weighted by Gasteiger charge is -2.31. The molecule has 0 atom stereocenters. The summed E-state index contributed by atoms with van der Waals surface area (Å²) in [4.78, 5) is 17.0. The van der Waals surface area contributed by atoms with Gasteiger partial charge in [0.1, 0.15) is 5.71 Å². The number of nitrogens with zero attached hydrogens (tertiary/aromatic N) is 2. The summed E-state index contributed by atoms with van der Waals surface area (Å²) < 4.78 is 51.2. The van der Waals surface area contributed by atoms with Crippen LogP contribution in [0, 0.1) is 0 Å². The van der Waals surface area contributed by atoms with Gasteiger partial charge in [0.05, 0.1) is 11.5 Å². The molecule has 0 aromatic heterocycles. The normalized spacial score (nSPS) is 22.9. The van der Waals surface area contributed by atoms with Crippen molar-refractivity contribution in [2.75, 3.05) is 23.4 Å². The minimum Gasteiger partial charge on any atom is -0.320 e. The van der Waals surface area contributed by atoms with Gasteiger partial charge in [-0.3, -0.25) is 9.79 Å². The predicted octanol–water partition coefficient (Wildman–Crippen LogP) is 3.41. The minimum atomic E-state index is -3.92. The molecule has 0 bridgehead atoms. The zero-order valence-corrected chi connectivity index (χ0v) is 20.5. The molecule has 0 saturated carbocycles. The molecule has 2 aliphatic heterocycles. The zero-order valence-electron chi connectivity index (χ0n) is 18.9. The van der Waals surface area contributed by atoms with Crippen molar-refractivity contribution in [3.63, 3.8) is 0 Å². The van der Waals surface area contributed by atoms with E-state index in [4.69, 9.17) is 0 Å². The minimum absolute atomic E-state index is 0.0985. The van der Waals surface area contributed by atoms with Gasteiger partial charge in [-0.25, -0.2) is 16.8 Å². The first-order valence-electron chi connectivity index (χ1n) is 11.2. The maximum Gasteiger partial charge on any atom is 0.270 e. The molecule has 33 heavy (non-hydrogen) atoms. The molecule has 0 unspecified atom stereocenters. The molecular weight excluding hydrogens is 462 g/mol. The van der Waals surface area contributed by atoms with E-state index in [1.807, 2.05) is 19.1 Å². The molecule has 1 N–H and O–H groups in total. The predicted molar refractivity (Wildman–Crippen MR) is 130 cm³/mol. The van der Waals surface area contributed by atoms with Gasteiger partial charge >= 0.3 is 0 Å². The maximum absolute atomic E-state index is 12.8. The van der Waals surface area contributed by atoms with E-state index in [0.29, 0.717) is 27.1 Å². The van der Waals surface area contributed by atoms with Crippen LogP contribution in [0.4, 0.5) is 5.69 Å². The van der Waals surface area contributed by atoms with Gasteiger partial charge in [0.2, 0.25) is 20.0 Å². The lowest BCUT2D eigenvalue weighted by Crippen LogP contribution is -2.47. The second-order valence-corrected chi connectivity index (χ2v) is 12.8. The number of hydrogen-bond acceptors (Lipinski definition) is 6. The van der Waals surface area contributed by atoms with Gasteiger partial charge in [-0.05, 0) is 55.9 Å². The van der Waals surface area contributed by atoms with E-state index in [-0.39, 0.29) is 24.0 Å². The van der Waals surface area contributed by atoms with Gasteiger partial charge in [-0.2, -0.15) is 0 Å². The molecule has 0 spiro atoms. The van der Waals surface area contributed by atoms with Crippen LogP contribution in [0.15, 0.2) is 41.0 Å². The summed E-state index contributed by atoms with van der Waals surface area (Å²) in [6, 6.07) is 5.32. The quantitative estimate of drug-likeness (QED) is 0.678. The second kappa shape index (κ2) is 9.15. The van der Waals surface area contributed by atoms with Crippen LogP contribution in [0.3, 0.4) is 0 Å². The van der Waals surface area contributed by atoms with Crippen LogP contribution in [0.25, 0.3) is 5.57 Å². The van der Waals surface area contributed by atoms with Crippen LogP contribution in [0.5, 0.6) is 0 Å². The summed E-state index contributed by atoms with van der Waals surface area (Å²) in [5, 5.41) is 2.96. The standard InChI is InChI=1S/C23H29N3O5S2/c1-3-26-32(28,29)14-19(15-33(26,30)31)18-10-12-21(20(13-18)17-7-5-4-6-8-17)25-23(27)22-11-9-16(2)24-22/h7,9-10,12-13,19H,3-6,8,11,14-15H2,1-2H3,(H,25,27). The molecule has 1 fully saturated rings. The number of rotatable bonds is 5. The van der Waals surface area contributed by atoms with Gasteiger partial charge in [0.25, 0.3) is 5.91 Å². The Balaban J connectivity index is 1.69. The van der Waals surface area contributed by atoms with Crippen molar-refractivity contribution in [3.05, 3.63) is 47.2 Å². The van der Waals surface area contributed by atoms with Crippen LogP contribution >= 0.6 is 0 Å². The van der Waals surface area contributed by atoms with Gasteiger partial charge in [0.15, 0.2) is 0 Å². The van der Waals surface area contributed by atoms with Crippen molar-refractivity contribution in [1.82, 2.24) is 3.71 Å². The molecule has 3 aliphatic rings. The molecule has 1 saturated heterocycles. The van der Waals surface area contributed by atoms with E-state index in [2.05, 4.69) is 16.4 Å². The molecule has 178 valence electrons. The Labute approximate surface area is 195 Å². The highest BCUT2D eigenvalue weighted by molar-refractivity contribution is 8.04. The van der Waals surface area contributed by atoms with E-state index in [9.17, 15) is 21.6 Å². The number of carbonyl (C=O) groups excluding carboxylic acids is 1. The SMILES string of the molecule is CCN1S(=O)(=O)CC(c2ccc(NC(=O)C3=NC(C)=CC3)c(C3=CCCCC3)c2)CS1(=O)=O. The highest BCUT2D eigenvalue weighted by atomic mass is 32.3. The second-order valence-electron chi connectivity index (χ2n) is 8.69. The molecular formula is C23H29N3O5S2. The number of nitrogens with one attached hydrogen (secondary N) is 1. The van der Waals surface area contributed by atoms with Crippen molar-refractivity contribution in [3.8, 4) is 0 Å². The lowest BCUT2D eigenvalue weighted by atomic mass is 9.89. The first kappa shape index (κ1) is 23.8. The molecule has 0 radical (unpaired) electrons. The number of allylic oxidation sites excluding steroid dienone is 4. The Hall–Kier alpha value is -2.30. The van der Waals surface area contributed by atoms with Crippen LogP contribution in [0.1, 0.15) is 63.0 Å². The lowest BCUT2D eigenvalue weighted by molar-refractivity contribution is -0.110. The van der Waals surface area contributed by atoms with E-state index >= 15 is 0 Å². The highest BCUT2D eigenvalue weighted by Gasteiger charge is 2.42. The number of anilines is 1. The molecule has 1 aromatic rings. The first-order chi connectivity index (χ1) is 15.6. The molecule has 2 heterocycles. The average molecular weight is 492 g/mol. The number of benzene rings is 1. The molecule has 1 amide bonds. The third-order valence-electron chi connectivity index (χ3n) is 6.27. The third-order valence-corrected chi connectivity index (χ3v) is 11.0. The number of carbonyl (C=O) groups is 1. The number of hydrogen-bond donors (Lipinski definition) is 1. The Morgan fingerprint density at radius 2 is 1.85 bits per heavy atom. The van der Waals surface area contributed by atoms with E-state index < -0.39 is 26.0 Å². The Kier molecular flexibility index (Phi) is 6.61. The Morgan fingerprint density at radius 1 is 1.12 bits per heavy atom. The van der Waals surface area contributed by atoms with Gasteiger partial charge < -0.3 is 5.32 Å². The van der Waals surface area contributed by atoms with E-state index in [1.54, 1.807) is 12.1 Å². The van der Waals surface area contributed by atoms with Gasteiger partial charge in [-0.1, -0.05) is 28.9 Å². The van der Waals surface area contributed by atoms with E-state index in [1.165, 1.54) is 6.92 Å². The fourth-order valence-electron chi connectivity index (χ4n) is 4.64. The Bertz CT molecular complexity index is 1240. The molecule has 10 heteroatoms. The smallest absolute Gasteiger partial charge is 0.270 e. The molecule has 1 aromatic carbocycles. The fraction of sp³-hybridized carbons (Fsp3) is 0.478. The van der Waals surface area contributed by atoms with Crippen molar-refractivity contribution >= 4 is 42.9 Å². The Morgan fingerprint density at radius 3 is 2.42 bits per heavy atom. The summed E-state index contributed by atoms with van der Waals surface area (Å²) in [6.07, 6.45) is 8.42.